The van der Waals surface area contributed by atoms with Gasteiger partial charge in [-0.2, -0.15) is 10.2 Å². The topological polar surface area (TPSA) is 75.6 Å². The Balaban J connectivity index is 1.79. The molecule has 0 radical (unpaired) electrons. The Morgan fingerprint density at radius 2 is 2.10 bits per heavy atom. The first-order chi connectivity index (χ1) is 10.3. The maximum Gasteiger partial charge on any atom is 0.277 e. The lowest BCUT2D eigenvalue weighted by Crippen LogP contribution is -2.14. The highest BCUT2D eigenvalue weighted by Crippen LogP contribution is 2.13. The van der Waals surface area contributed by atoms with Crippen molar-refractivity contribution in [3.8, 4) is 5.69 Å². The summed E-state index contributed by atoms with van der Waals surface area (Å²) in [6.07, 6.45) is 4.26. The minimum atomic E-state index is -0.261. The molecule has 0 unspecified atom stereocenters. The fourth-order valence-corrected chi connectivity index (χ4v) is 2.03. The molecular formula is C15H15N5O. The summed E-state index contributed by atoms with van der Waals surface area (Å²) >= 11 is 0. The summed E-state index contributed by atoms with van der Waals surface area (Å²) in [4.78, 5) is 12.2. The van der Waals surface area contributed by atoms with E-state index in [1.54, 1.807) is 23.1 Å². The number of aromatic nitrogens is 4. The van der Waals surface area contributed by atoms with Crippen LogP contribution in [0.1, 0.15) is 23.0 Å². The zero-order valence-corrected chi connectivity index (χ0v) is 11.6. The van der Waals surface area contributed by atoms with Crippen LogP contribution in [0.3, 0.4) is 0 Å². The van der Waals surface area contributed by atoms with Crippen LogP contribution in [0.4, 0.5) is 5.82 Å². The Morgan fingerprint density at radius 3 is 2.86 bits per heavy atom. The molecule has 6 nitrogen and oxygen atoms in total. The number of aryl methyl sites for hydroxylation is 1. The molecule has 3 rings (SSSR count). The molecule has 2 heterocycles. The number of hydrogen-bond acceptors (Lipinski definition) is 3. The summed E-state index contributed by atoms with van der Waals surface area (Å²) in [7, 11) is 0. The van der Waals surface area contributed by atoms with Gasteiger partial charge in [0.15, 0.2) is 5.69 Å². The fraction of sp³-hybridized carbons (Fsp3) is 0.133. The van der Waals surface area contributed by atoms with Crippen molar-refractivity contribution >= 4 is 11.7 Å². The van der Waals surface area contributed by atoms with Crippen molar-refractivity contribution in [3.05, 3.63) is 60.0 Å². The molecule has 0 aliphatic carbocycles. The molecule has 21 heavy (non-hydrogen) atoms. The van der Waals surface area contributed by atoms with E-state index in [4.69, 9.17) is 0 Å². The van der Waals surface area contributed by atoms with Gasteiger partial charge in [-0.1, -0.05) is 25.1 Å². The van der Waals surface area contributed by atoms with Gasteiger partial charge < -0.3 is 5.32 Å². The molecule has 0 fully saturated rings. The molecule has 0 aliphatic heterocycles. The molecule has 2 N–H and O–H groups in total. The number of H-pyrrole nitrogens is 1. The maximum absolute atomic E-state index is 12.2. The van der Waals surface area contributed by atoms with Crippen LogP contribution in [0.25, 0.3) is 5.69 Å². The molecule has 0 bridgehead atoms. The third-order valence-corrected chi connectivity index (χ3v) is 3.18. The number of nitrogens with one attached hydrogen (secondary N) is 2. The van der Waals surface area contributed by atoms with Crippen LogP contribution < -0.4 is 5.32 Å². The van der Waals surface area contributed by atoms with Crippen molar-refractivity contribution in [2.45, 2.75) is 13.3 Å². The van der Waals surface area contributed by atoms with E-state index in [2.05, 4.69) is 20.6 Å². The molecule has 106 valence electrons. The molecule has 6 heteroatoms. The minimum Gasteiger partial charge on any atom is -0.305 e. The zero-order chi connectivity index (χ0) is 14.7. The van der Waals surface area contributed by atoms with E-state index in [-0.39, 0.29) is 5.91 Å². The highest BCUT2D eigenvalue weighted by molar-refractivity contribution is 6.02. The monoisotopic (exact) mass is 281 g/mol. The zero-order valence-electron chi connectivity index (χ0n) is 11.6. The number of nitrogens with zero attached hydrogens (tertiary/aromatic N) is 3. The van der Waals surface area contributed by atoms with Crippen molar-refractivity contribution < 1.29 is 4.79 Å². The van der Waals surface area contributed by atoms with Gasteiger partial charge in [0.2, 0.25) is 0 Å². The summed E-state index contributed by atoms with van der Waals surface area (Å²) in [6, 6.07) is 11.3. The fourth-order valence-electron chi connectivity index (χ4n) is 2.03. The number of aromatic amines is 1. The molecule has 0 atom stereocenters. The minimum absolute atomic E-state index is 0.261. The van der Waals surface area contributed by atoms with E-state index in [9.17, 15) is 4.79 Å². The van der Waals surface area contributed by atoms with Crippen molar-refractivity contribution in [1.29, 1.82) is 0 Å². The second-order valence-corrected chi connectivity index (χ2v) is 4.56. The molecule has 2 aromatic heterocycles. The Bertz CT molecular complexity index is 744. The molecule has 3 aromatic rings. The van der Waals surface area contributed by atoms with Gasteiger partial charge in [-0.05, 0) is 24.6 Å². The Hall–Kier alpha value is -2.89. The molecule has 0 saturated carbocycles. The van der Waals surface area contributed by atoms with Crippen LogP contribution in [-0.2, 0) is 6.42 Å². The summed E-state index contributed by atoms with van der Waals surface area (Å²) < 4.78 is 1.67. The lowest BCUT2D eigenvalue weighted by Gasteiger charge is -2.02. The maximum atomic E-state index is 12.2. The van der Waals surface area contributed by atoms with Gasteiger partial charge in [0.25, 0.3) is 5.91 Å². The van der Waals surface area contributed by atoms with Crippen molar-refractivity contribution in [2.75, 3.05) is 5.32 Å². The number of para-hydroxylation sites is 1. The standard InChI is InChI=1S/C15H15N5O/c1-2-11-10-16-18-14(11)17-15(21)13-8-9-20(19-13)12-6-4-3-5-7-12/h3-10H,2H2,1H3,(H2,16,17,18,21). The molecule has 0 aliphatic rings. The summed E-state index contributed by atoms with van der Waals surface area (Å²) in [6.45, 7) is 2.00. The average Bonchev–Trinajstić information content (AvgIpc) is 3.17. The van der Waals surface area contributed by atoms with Gasteiger partial charge in [0, 0.05) is 11.8 Å². The van der Waals surface area contributed by atoms with Crippen LogP contribution >= 0.6 is 0 Å². The first kappa shape index (κ1) is 13.1. The predicted octanol–water partition coefficient (Wildman–Crippen LogP) is 2.41. The normalized spacial score (nSPS) is 10.5. The highest BCUT2D eigenvalue weighted by Gasteiger charge is 2.13. The second kappa shape index (κ2) is 5.62. The lowest BCUT2D eigenvalue weighted by molar-refractivity contribution is 0.102. The quantitative estimate of drug-likeness (QED) is 0.771. The van der Waals surface area contributed by atoms with Crippen LogP contribution in [0.2, 0.25) is 0 Å². The number of carbonyl (C=O) groups is 1. The van der Waals surface area contributed by atoms with Gasteiger partial charge in [-0.3, -0.25) is 9.89 Å². The molecule has 0 saturated heterocycles. The predicted molar refractivity (Wildman–Crippen MR) is 79.5 cm³/mol. The Labute approximate surface area is 121 Å². The average molecular weight is 281 g/mol. The van der Waals surface area contributed by atoms with Crippen molar-refractivity contribution in [1.82, 2.24) is 20.0 Å². The van der Waals surface area contributed by atoms with Gasteiger partial charge in [-0.15, -0.1) is 0 Å². The van der Waals surface area contributed by atoms with E-state index in [1.165, 1.54) is 0 Å². The molecule has 1 amide bonds. The van der Waals surface area contributed by atoms with E-state index in [0.717, 1.165) is 17.7 Å². The molecule has 1 aromatic carbocycles. The summed E-state index contributed by atoms with van der Waals surface area (Å²) in [5.41, 5.74) is 2.23. The number of hydrogen-bond donors (Lipinski definition) is 2. The van der Waals surface area contributed by atoms with Crippen LogP contribution in [0.5, 0.6) is 0 Å². The Morgan fingerprint density at radius 1 is 1.29 bits per heavy atom. The number of anilines is 1. The first-order valence-corrected chi connectivity index (χ1v) is 6.72. The SMILES string of the molecule is CCc1cn[nH]c1NC(=O)c1ccn(-c2ccccc2)n1. The summed E-state index contributed by atoms with van der Waals surface area (Å²) in [5.74, 6) is 0.361. The summed E-state index contributed by atoms with van der Waals surface area (Å²) in [5, 5.41) is 13.8. The second-order valence-electron chi connectivity index (χ2n) is 4.56. The Kier molecular flexibility index (Phi) is 3.51. The highest BCUT2D eigenvalue weighted by atomic mass is 16.2. The first-order valence-electron chi connectivity index (χ1n) is 6.72. The lowest BCUT2D eigenvalue weighted by atomic mass is 10.2. The third kappa shape index (κ3) is 2.69. The van der Waals surface area contributed by atoms with Crippen LogP contribution in [0, 0.1) is 0 Å². The van der Waals surface area contributed by atoms with Crippen molar-refractivity contribution in [2.24, 2.45) is 0 Å². The van der Waals surface area contributed by atoms with Crippen LogP contribution in [-0.4, -0.2) is 25.9 Å². The van der Waals surface area contributed by atoms with Crippen LogP contribution in [0.15, 0.2) is 48.8 Å². The van der Waals surface area contributed by atoms with E-state index >= 15 is 0 Å². The number of rotatable bonds is 4. The van der Waals surface area contributed by atoms with Gasteiger partial charge in [-0.25, -0.2) is 4.68 Å². The van der Waals surface area contributed by atoms with E-state index < -0.39 is 0 Å². The largest absolute Gasteiger partial charge is 0.305 e. The van der Waals surface area contributed by atoms with Gasteiger partial charge in [0.1, 0.15) is 5.82 Å². The number of benzene rings is 1. The molecule has 0 spiro atoms. The van der Waals surface area contributed by atoms with Crippen molar-refractivity contribution in [3.63, 3.8) is 0 Å². The van der Waals surface area contributed by atoms with E-state index in [0.29, 0.717) is 11.5 Å². The van der Waals surface area contributed by atoms with Gasteiger partial charge in [0.05, 0.1) is 11.9 Å². The van der Waals surface area contributed by atoms with E-state index in [1.807, 2.05) is 37.3 Å². The molecular weight excluding hydrogens is 266 g/mol. The number of carbonyl (C=O) groups excluding carboxylic acids is 1. The third-order valence-electron chi connectivity index (χ3n) is 3.18. The van der Waals surface area contributed by atoms with Gasteiger partial charge >= 0.3 is 0 Å². The smallest absolute Gasteiger partial charge is 0.277 e. The number of amides is 1.